The molecule has 34 heavy (non-hydrogen) atoms. The zero-order valence-electron chi connectivity index (χ0n) is 19.4. The number of amidine groups is 1. The van der Waals surface area contributed by atoms with E-state index in [1.54, 1.807) is 24.3 Å². The lowest BCUT2D eigenvalue weighted by atomic mass is 10.0. The van der Waals surface area contributed by atoms with Crippen LogP contribution >= 0.6 is 0 Å². The van der Waals surface area contributed by atoms with Gasteiger partial charge in [-0.1, -0.05) is 18.2 Å². The molecule has 0 aliphatic carbocycles. The van der Waals surface area contributed by atoms with E-state index >= 15 is 0 Å². The van der Waals surface area contributed by atoms with Gasteiger partial charge in [0.1, 0.15) is 17.6 Å². The lowest BCUT2D eigenvalue weighted by molar-refractivity contribution is -0.549. The van der Waals surface area contributed by atoms with E-state index in [9.17, 15) is 9.90 Å². The van der Waals surface area contributed by atoms with Gasteiger partial charge >= 0.3 is 11.9 Å². The number of carboxylic acids is 1. The molecule has 4 rings (SSSR count). The van der Waals surface area contributed by atoms with Gasteiger partial charge in [0.25, 0.3) is 0 Å². The summed E-state index contributed by atoms with van der Waals surface area (Å²) in [5, 5.41) is 9.82. The Balaban J connectivity index is 1.43. The summed E-state index contributed by atoms with van der Waals surface area (Å²) in [7, 11) is 0. The van der Waals surface area contributed by atoms with Gasteiger partial charge in [-0.2, -0.15) is 0 Å². The van der Waals surface area contributed by atoms with Crippen molar-refractivity contribution in [1.29, 1.82) is 0 Å². The third-order valence-electron chi connectivity index (χ3n) is 6.46. The fraction of sp³-hybridized carbons (Fsp3) is 0.400. The monoisotopic (exact) mass is 467 g/mol. The normalized spacial score (nSPS) is 18.6. The third-order valence-corrected chi connectivity index (χ3v) is 6.46. The molecule has 9 heteroatoms. The molecular weight excluding hydrogens is 434 g/mol. The van der Waals surface area contributed by atoms with Crippen LogP contribution in [0.5, 0.6) is 11.5 Å². The largest absolute Gasteiger partial charge is 0.490 e. The molecule has 2 aromatic carbocycles. The third kappa shape index (κ3) is 5.41. The summed E-state index contributed by atoms with van der Waals surface area (Å²) in [5.41, 5.74) is 20.1. The van der Waals surface area contributed by atoms with Crippen molar-refractivity contribution in [1.82, 2.24) is 0 Å². The molecular formula is C25H33N5O4+2. The fourth-order valence-electron chi connectivity index (χ4n) is 4.46. The van der Waals surface area contributed by atoms with E-state index in [1.165, 1.54) is 5.56 Å². The zero-order chi connectivity index (χ0) is 24.2. The number of nitrogens with two attached hydrogens (primary N) is 3. The molecule has 2 aromatic rings. The highest BCUT2D eigenvalue weighted by atomic mass is 16.5. The van der Waals surface area contributed by atoms with E-state index in [0.717, 1.165) is 50.3 Å². The number of fused-ring (bicyclic) bond motifs is 1. The second-order valence-corrected chi connectivity index (χ2v) is 8.88. The smallest absolute Gasteiger partial charge is 0.349 e. The van der Waals surface area contributed by atoms with E-state index in [-0.39, 0.29) is 12.1 Å². The number of piperidine rings is 1. The highest BCUT2D eigenvalue weighted by Gasteiger charge is 2.25. The molecule has 0 amide bonds. The van der Waals surface area contributed by atoms with Crippen LogP contribution in [0, 0.1) is 0 Å². The molecule has 1 saturated heterocycles. The van der Waals surface area contributed by atoms with Crippen LogP contribution in [0.2, 0.25) is 0 Å². The summed E-state index contributed by atoms with van der Waals surface area (Å²) < 4.78 is 16.0. The number of ether oxygens (including phenoxy) is 2. The number of hydrogen-bond acceptors (Lipinski definition) is 3. The van der Waals surface area contributed by atoms with Crippen LogP contribution in [0.4, 0.5) is 0 Å². The molecule has 0 spiro atoms. The van der Waals surface area contributed by atoms with Crippen molar-refractivity contribution in [2.24, 2.45) is 17.2 Å². The van der Waals surface area contributed by atoms with Gasteiger partial charge < -0.3 is 14.6 Å². The van der Waals surface area contributed by atoms with Crippen LogP contribution in [-0.4, -0.2) is 57.8 Å². The molecule has 0 bridgehead atoms. The molecule has 0 saturated carbocycles. The molecule has 9 nitrogen and oxygen atoms in total. The SMILES string of the molecule is CC(N)=[N+]1CCC(Oc2ccc(C(Oc3ccc4c(c3)C[N+](=C(N)N)CC4)C(=O)O)cc2)CC1. The molecule has 2 aliphatic heterocycles. The zero-order valence-corrected chi connectivity index (χ0v) is 19.4. The molecule has 180 valence electrons. The topological polar surface area (TPSA) is 140 Å². The number of rotatable bonds is 6. The molecule has 1 unspecified atom stereocenters. The summed E-state index contributed by atoms with van der Waals surface area (Å²) in [6.45, 7) is 4.98. The number of carbonyl (C=O) groups is 1. The van der Waals surface area contributed by atoms with Crippen molar-refractivity contribution in [3.8, 4) is 11.5 Å². The molecule has 2 heterocycles. The number of aliphatic carboxylic acids is 1. The van der Waals surface area contributed by atoms with Crippen LogP contribution in [0.1, 0.15) is 42.6 Å². The molecule has 0 radical (unpaired) electrons. The van der Waals surface area contributed by atoms with Crippen LogP contribution in [-0.2, 0) is 17.8 Å². The van der Waals surface area contributed by atoms with Gasteiger partial charge in [-0.05, 0) is 35.4 Å². The average molecular weight is 468 g/mol. The maximum absolute atomic E-state index is 12.0. The van der Waals surface area contributed by atoms with Gasteiger partial charge in [0.2, 0.25) is 11.9 Å². The van der Waals surface area contributed by atoms with Crippen LogP contribution in [0.15, 0.2) is 42.5 Å². The minimum atomic E-state index is -1.13. The maximum atomic E-state index is 12.0. The summed E-state index contributed by atoms with van der Waals surface area (Å²) in [4.78, 5) is 12.0. The number of carboxylic acid groups (broad SMARTS) is 1. The van der Waals surface area contributed by atoms with Crippen molar-refractivity contribution < 1.29 is 28.5 Å². The van der Waals surface area contributed by atoms with Crippen molar-refractivity contribution in [3.63, 3.8) is 0 Å². The summed E-state index contributed by atoms with van der Waals surface area (Å²) >= 11 is 0. The molecule has 0 aromatic heterocycles. The Morgan fingerprint density at radius 1 is 0.971 bits per heavy atom. The minimum Gasteiger partial charge on any atom is -0.490 e. The molecule has 1 atom stereocenters. The molecule has 7 N–H and O–H groups in total. The molecule has 2 aliphatic rings. The Labute approximate surface area is 199 Å². The first-order chi connectivity index (χ1) is 16.3. The Morgan fingerprint density at radius 2 is 1.65 bits per heavy atom. The number of hydrogen-bond donors (Lipinski definition) is 4. The second kappa shape index (κ2) is 10.0. The lowest BCUT2D eigenvalue weighted by Gasteiger charge is -2.24. The highest BCUT2D eigenvalue weighted by Crippen LogP contribution is 2.28. The van der Waals surface area contributed by atoms with E-state index in [0.29, 0.717) is 23.6 Å². The van der Waals surface area contributed by atoms with Gasteiger partial charge in [0.05, 0.1) is 26.2 Å². The van der Waals surface area contributed by atoms with Crippen LogP contribution in [0.3, 0.4) is 0 Å². The predicted molar refractivity (Wildman–Crippen MR) is 128 cm³/mol. The van der Waals surface area contributed by atoms with E-state index in [4.69, 9.17) is 26.7 Å². The average Bonchev–Trinajstić information content (AvgIpc) is 2.83. The summed E-state index contributed by atoms with van der Waals surface area (Å²) in [6, 6.07) is 12.7. The van der Waals surface area contributed by atoms with E-state index in [1.807, 2.05) is 29.7 Å². The minimum absolute atomic E-state index is 0.114. The number of guanidine groups is 1. The van der Waals surface area contributed by atoms with Crippen molar-refractivity contribution in [2.45, 2.75) is 44.9 Å². The standard InChI is InChI=1S/C25H31N5O4/c1-16(26)29-12-9-21(10-13-29)33-20-5-3-18(4-6-20)23(24(31)32)34-22-7-2-17-8-11-30(25(27)28)15-19(17)14-22/h2-7,14,21,23,26H,8-13,15H2,1H3,(H4,27,28,31,32)/p+2. The maximum Gasteiger partial charge on any atom is 0.349 e. The van der Waals surface area contributed by atoms with Gasteiger partial charge in [-0.25, -0.2) is 4.79 Å². The Morgan fingerprint density at radius 3 is 2.26 bits per heavy atom. The van der Waals surface area contributed by atoms with Gasteiger partial charge in [0.15, 0.2) is 0 Å². The van der Waals surface area contributed by atoms with Crippen molar-refractivity contribution >= 4 is 17.8 Å². The van der Waals surface area contributed by atoms with Crippen molar-refractivity contribution in [2.75, 3.05) is 19.6 Å². The van der Waals surface area contributed by atoms with Crippen molar-refractivity contribution in [3.05, 3.63) is 59.2 Å². The first-order valence-electron chi connectivity index (χ1n) is 11.5. The first kappa shape index (κ1) is 23.4. The van der Waals surface area contributed by atoms with Crippen LogP contribution < -0.4 is 26.7 Å². The van der Waals surface area contributed by atoms with Crippen LogP contribution in [0.25, 0.3) is 0 Å². The van der Waals surface area contributed by atoms with Gasteiger partial charge in [-0.3, -0.25) is 26.4 Å². The Bertz CT molecular complexity index is 1110. The summed E-state index contributed by atoms with van der Waals surface area (Å²) in [6.07, 6.45) is 1.58. The lowest BCUT2D eigenvalue weighted by Crippen LogP contribution is -2.38. The van der Waals surface area contributed by atoms with E-state index in [2.05, 4.69) is 4.58 Å². The molecule has 1 fully saturated rings. The number of benzene rings is 2. The fourth-order valence-corrected chi connectivity index (χ4v) is 4.46. The predicted octanol–water partition coefficient (Wildman–Crippen LogP) is 1.16. The summed E-state index contributed by atoms with van der Waals surface area (Å²) in [5.74, 6) is 1.25. The Kier molecular flexibility index (Phi) is 6.90. The van der Waals surface area contributed by atoms with Gasteiger partial charge in [-0.15, -0.1) is 0 Å². The first-order valence-corrected chi connectivity index (χ1v) is 11.5. The highest BCUT2D eigenvalue weighted by molar-refractivity contribution is 5.75. The van der Waals surface area contributed by atoms with E-state index < -0.39 is 12.1 Å². The number of nitrogens with zero attached hydrogens (tertiary/aromatic N) is 2. The second-order valence-electron chi connectivity index (χ2n) is 8.88. The quantitative estimate of drug-likeness (QED) is 0.369. The van der Waals surface area contributed by atoms with Gasteiger partial charge in [0, 0.05) is 31.7 Å². The Hall–Kier alpha value is -3.75.